The van der Waals surface area contributed by atoms with Crippen LogP contribution in [-0.4, -0.2) is 11.9 Å². The summed E-state index contributed by atoms with van der Waals surface area (Å²) in [4.78, 5) is 11.9. The van der Waals surface area contributed by atoms with Gasteiger partial charge in [0.15, 0.2) is 0 Å². The van der Waals surface area contributed by atoms with Crippen LogP contribution in [-0.2, 0) is 4.79 Å². The van der Waals surface area contributed by atoms with E-state index in [2.05, 4.69) is 19.2 Å². The Labute approximate surface area is 105 Å². The normalized spacial score (nSPS) is 43.1. The van der Waals surface area contributed by atoms with Gasteiger partial charge in [-0.3, -0.25) is 4.79 Å². The van der Waals surface area contributed by atoms with Gasteiger partial charge in [-0.25, -0.2) is 0 Å². The Morgan fingerprint density at radius 2 is 1.59 bits per heavy atom. The number of nitrogens with one attached hydrogen (secondary N) is 1. The third kappa shape index (κ3) is 2.23. The van der Waals surface area contributed by atoms with Gasteiger partial charge in [0.2, 0.25) is 5.91 Å². The van der Waals surface area contributed by atoms with Crippen molar-refractivity contribution in [3.8, 4) is 0 Å². The van der Waals surface area contributed by atoms with E-state index in [-0.39, 0.29) is 5.91 Å². The van der Waals surface area contributed by atoms with Gasteiger partial charge in [-0.1, -0.05) is 13.8 Å². The van der Waals surface area contributed by atoms with Crippen molar-refractivity contribution < 1.29 is 4.79 Å². The first kappa shape index (κ1) is 11.6. The molecule has 0 heterocycles. The minimum absolute atomic E-state index is 0.289. The molecule has 4 saturated carbocycles. The zero-order chi connectivity index (χ0) is 12.0. The van der Waals surface area contributed by atoms with E-state index >= 15 is 0 Å². The van der Waals surface area contributed by atoms with Gasteiger partial charge < -0.3 is 5.32 Å². The lowest BCUT2D eigenvalue weighted by atomic mass is 9.54. The summed E-state index contributed by atoms with van der Waals surface area (Å²) in [7, 11) is 0. The molecule has 0 aliphatic heterocycles. The molecule has 0 atom stereocenters. The first-order valence-corrected chi connectivity index (χ1v) is 7.41. The highest BCUT2D eigenvalue weighted by Gasteiger charge is 2.48. The van der Waals surface area contributed by atoms with Gasteiger partial charge in [0, 0.05) is 12.5 Å². The molecule has 1 N–H and O–H groups in total. The first-order valence-electron chi connectivity index (χ1n) is 7.41. The number of hydrogen-bond acceptors (Lipinski definition) is 1. The van der Waals surface area contributed by atoms with Crippen LogP contribution in [0.2, 0.25) is 0 Å². The zero-order valence-electron chi connectivity index (χ0n) is 11.1. The fraction of sp³-hybridized carbons (Fsp3) is 0.933. The van der Waals surface area contributed by atoms with Gasteiger partial charge >= 0.3 is 0 Å². The lowest BCUT2D eigenvalue weighted by molar-refractivity contribution is -0.125. The highest BCUT2D eigenvalue weighted by Crippen LogP contribution is 2.53. The van der Waals surface area contributed by atoms with Crippen LogP contribution in [0.15, 0.2) is 0 Å². The van der Waals surface area contributed by atoms with Crippen LogP contribution < -0.4 is 5.32 Å². The van der Waals surface area contributed by atoms with Gasteiger partial charge in [-0.15, -0.1) is 0 Å². The third-order valence-electron chi connectivity index (χ3n) is 5.15. The SMILES string of the molecule is CC(C)CC(=O)NC1C2CC3CC(C2)CC1C3. The lowest BCUT2D eigenvalue weighted by Gasteiger charge is -2.54. The third-order valence-corrected chi connectivity index (χ3v) is 5.15. The van der Waals surface area contributed by atoms with Crippen LogP contribution in [0.1, 0.15) is 52.4 Å². The number of hydrogen-bond donors (Lipinski definition) is 1. The van der Waals surface area contributed by atoms with Crippen LogP contribution >= 0.6 is 0 Å². The predicted molar refractivity (Wildman–Crippen MR) is 68.4 cm³/mol. The Kier molecular flexibility index (Phi) is 2.92. The molecule has 0 aromatic rings. The van der Waals surface area contributed by atoms with E-state index < -0.39 is 0 Å². The molecular weight excluding hydrogens is 210 g/mol. The summed E-state index contributed by atoms with van der Waals surface area (Å²) in [6.45, 7) is 4.24. The molecule has 2 nitrogen and oxygen atoms in total. The fourth-order valence-corrected chi connectivity index (χ4v) is 4.78. The quantitative estimate of drug-likeness (QED) is 0.800. The Morgan fingerprint density at radius 1 is 1.06 bits per heavy atom. The maximum atomic E-state index is 11.9. The van der Waals surface area contributed by atoms with Gasteiger partial charge in [-0.2, -0.15) is 0 Å². The molecule has 4 fully saturated rings. The van der Waals surface area contributed by atoms with E-state index in [4.69, 9.17) is 0 Å². The number of carbonyl (C=O) groups is 1. The molecule has 0 aromatic heterocycles. The second kappa shape index (κ2) is 4.29. The molecule has 96 valence electrons. The number of carbonyl (C=O) groups excluding carboxylic acids is 1. The molecule has 0 saturated heterocycles. The smallest absolute Gasteiger partial charge is 0.220 e. The average molecular weight is 235 g/mol. The highest BCUT2D eigenvalue weighted by molar-refractivity contribution is 5.76. The van der Waals surface area contributed by atoms with Gasteiger partial charge in [0.25, 0.3) is 0 Å². The standard InChI is InChI=1S/C15H25NO/c1-9(2)3-14(17)16-15-12-5-10-4-11(7-12)8-13(15)6-10/h9-13,15H,3-8H2,1-2H3,(H,16,17). The molecule has 4 aliphatic rings. The van der Waals surface area contributed by atoms with Crippen molar-refractivity contribution in [2.45, 2.75) is 58.4 Å². The predicted octanol–water partition coefficient (Wildman–Crippen LogP) is 2.97. The molecule has 1 amide bonds. The van der Waals surface area contributed by atoms with E-state index in [1.165, 1.54) is 32.1 Å². The molecular formula is C15H25NO. The van der Waals surface area contributed by atoms with Gasteiger partial charge in [-0.05, 0) is 61.7 Å². The lowest BCUT2D eigenvalue weighted by Crippen LogP contribution is -2.55. The maximum Gasteiger partial charge on any atom is 0.220 e. The minimum atomic E-state index is 0.289. The molecule has 0 radical (unpaired) electrons. The molecule has 4 aliphatic carbocycles. The molecule has 17 heavy (non-hydrogen) atoms. The summed E-state index contributed by atoms with van der Waals surface area (Å²) in [6.07, 6.45) is 7.74. The summed E-state index contributed by atoms with van der Waals surface area (Å²) in [5.41, 5.74) is 0. The van der Waals surface area contributed by atoms with E-state index in [0.717, 1.165) is 23.7 Å². The van der Waals surface area contributed by atoms with Crippen molar-refractivity contribution in [1.82, 2.24) is 5.32 Å². The molecule has 0 aromatic carbocycles. The summed E-state index contributed by atoms with van der Waals surface area (Å²) in [5.74, 6) is 4.38. The van der Waals surface area contributed by atoms with Crippen LogP contribution in [0.4, 0.5) is 0 Å². The molecule has 2 heteroatoms. The summed E-state index contributed by atoms with van der Waals surface area (Å²) in [5, 5.41) is 3.35. The van der Waals surface area contributed by atoms with Crippen LogP contribution in [0.5, 0.6) is 0 Å². The van der Waals surface area contributed by atoms with Crippen LogP contribution in [0.25, 0.3) is 0 Å². The Hall–Kier alpha value is -0.530. The van der Waals surface area contributed by atoms with Crippen LogP contribution in [0, 0.1) is 29.6 Å². The topological polar surface area (TPSA) is 29.1 Å². The molecule has 0 unspecified atom stereocenters. The maximum absolute atomic E-state index is 11.9. The monoisotopic (exact) mass is 235 g/mol. The van der Waals surface area contributed by atoms with Crippen molar-refractivity contribution in [3.05, 3.63) is 0 Å². The second-order valence-corrected chi connectivity index (χ2v) is 7.12. The van der Waals surface area contributed by atoms with Gasteiger partial charge in [0.1, 0.15) is 0 Å². The van der Waals surface area contributed by atoms with E-state index in [0.29, 0.717) is 18.4 Å². The van der Waals surface area contributed by atoms with E-state index in [9.17, 15) is 4.79 Å². The number of rotatable bonds is 3. The summed E-state index contributed by atoms with van der Waals surface area (Å²) < 4.78 is 0. The highest BCUT2D eigenvalue weighted by atomic mass is 16.1. The number of amides is 1. The largest absolute Gasteiger partial charge is 0.353 e. The second-order valence-electron chi connectivity index (χ2n) is 7.12. The van der Waals surface area contributed by atoms with Crippen molar-refractivity contribution in [2.24, 2.45) is 29.6 Å². The molecule has 4 bridgehead atoms. The molecule has 0 spiro atoms. The fourth-order valence-electron chi connectivity index (χ4n) is 4.78. The Balaban J connectivity index is 1.62. The Bertz CT molecular complexity index is 282. The summed E-state index contributed by atoms with van der Waals surface area (Å²) >= 11 is 0. The average Bonchev–Trinajstić information content (AvgIpc) is 2.21. The van der Waals surface area contributed by atoms with Crippen molar-refractivity contribution >= 4 is 5.91 Å². The van der Waals surface area contributed by atoms with Crippen molar-refractivity contribution in [2.75, 3.05) is 0 Å². The van der Waals surface area contributed by atoms with Crippen molar-refractivity contribution in [3.63, 3.8) is 0 Å². The zero-order valence-corrected chi connectivity index (χ0v) is 11.1. The van der Waals surface area contributed by atoms with Crippen LogP contribution in [0.3, 0.4) is 0 Å². The minimum Gasteiger partial charge on any atom is -0.353 e. The van der Waals surface area contributed by atoms with E-state index in [1.807, 2.05) is 0 Å². The van der Waals surface area contributed by atoms with Gasteiger partial charge in [0.05, 0.1) is 0 Å². The van der Waals surface area contributed by atoms with Crippen molar-refractivity contribution in [1.29, 1.82) is 0 Å². The van der Waals surface area contributed by atoms with E-state index in [1.54, 1.807) is 0 Å². The summed E-state index contributed by atoms with van der Waals surface area (Å²) in [6, 6.07) is 0.522. The molecule has 4 rings (SSSR count). The first-order chi connectivity index (χ1) is 8.11. The Morgan fingerprint density at radius 3 is 2.06 bits per heavy atom.